The van der Waals surface area contributed by atoms with Crippen molar-refractivity contribution in [3.8, 4) is 10.6 Å². The van der Waals surface area contributed by atoms with Crippen molar-refractivity contribution >= 4 is 43.2 Å². The van der Waals surface area contributed by atoms with Crippen molar-refractivity contribution in [1.82, 2.24) is 4.98 Å². The van der Waals surface area contributed by atoms with E-state index >= 15 is 0 Å². The predicted octanol–water partition coefficient (Wildman–Crippen LogP) is 5.00. The number of ether oxygens (including phenoxy) is 1. The molecule has 0 bridgehead atoms. The molecule has 8 heteroatoms. The molecule has 1 N–H and O–H groups in total. The molecule has 4 aromatic rings. The van der Waals surface area contributed by atoms with E-state index in [4.69, 9.17) is 4.74 Å². The highest BCUT2D eigenvalue weighted by Crippen LogP contribution is 2.31. The molecule has 1 heterocycles. The van der Waals surface area contributed by atoms with Crippen LogP contribution >= 0.6 is 11.3 Å². The van der Waals surface area contributed by atoms with Gasteiger partial charge in [0.1, 0.15) is 5.01 Å². The van der Waals surface area contributed by atoms with Crippen molar-refractivity contribution in [3.63, 3.8) is 0 Å². The van der Waals surface area contributed by atoms with E-state index in [0.29, 0.717) is 11.3 Å². The summed E-state index contributed by atoms with van der Waals surface area (Å²) in [5.41, 5.74) is 4.09. The fourth-order valence-corrected chi connectivity index (χ4v) is 5.51. The van der Waals surface area contributed by atoms with Gasteiger partial charge in [0.25, 0.3) is 0 Å². The highest BCUT2D eigenvalue weighted by atomic mass is 32.2. The number of carbonyl (C=O) groups excluding carboxylic acids is 1. The monoisotopic (exact) mass is 452 g/mol. The molecule has 0 aliphatic heterocycles. The van der Waals surface area contributed by atoms with Crippen LogP contribution in [0, 0.1) is 6.92 Å². The van der Waals surface area contributed by atoms with Gasteiger partial charge >= 0.3 is 5.97 Å². The number of rotatable bonds is 6. The second-order valence-electron chi connectivity index (χ2n) is 7.08. The van der Waals surface area contributed by atoms with Gasteiger partial charge in [0.2, 0.25) is 10.0 Å². The van der Waals surface area contributed by atoms with E-state index in [2.05, 4.69) is 15.8 Å². The molecule has 158 valence electrons. The largest absolute Gasteiger partial charge is 0.465 e. The molecule has 0 saturated carbocycles. The van der Waals surface area contributed by atoms with Crippen molar-refractivity contribution in [3.05, 3.63) is 83.4 Å². The Hall–Kier alpha value is -3.23. The van der Waals surface area contributed by atoms with Crippen molar-refractivity contribution in [2.75, 3.05) is 11.8 Å². The van der Waals surface area contributed by atoms with Crippen LogP contribution in [0.25, 0.3) is 20.8 Å². The minimum atomic E-state index is -3.73. The third-order valence-electron chi connectivity index (χ3n) is 4.72. The zero-order chi connectivity index (χ0) is 22.0. The highest BCUT2D eigenvalue weighted by molar-refractivity contribution is 7.91. The maximum absolute atomic E-state index is 12.7. The number of thiazole rings is 1. The van der Waals surface area contributed by atoms with Gasteiger partial charge in [-0.15, -0.1) is 11.3 Å². The van der Waals surface area contributed by atoms with Crippen LogP contribution in [0.3, 0.4) is 0 Å². The average Bonchev–Trinajstić information content (AvgIpc) is 3.16. The minimum absolute atomic E-state index is 0.233. The third-order valence-corrected chi connectivity index (χ3v) is 7.02. The Kier molecular flexibility index (Phi) is 5.75. The molecule has 0 radical (unpaired) electrons. The summed E-state index contributed by atoms with van der Waals surface area (Å²) in [7, 11) is -2.46. The number of hydrogen-bond acceptors (Lipinski definition) is 6. The van der Waals surface area contributed by atoms with E-state index < -0.39 is 16.0 Å². The van der Waals surface area contributed by atoms with Crippen LogP contribution in [-0.2, 0) is 20.5 Å². The van der Waals surface area contributed by atoms with Crippen molar-refractivity contribution in [1.29, 1.82) is 0 Å². The van der Waals surface area contributed by atoms with E-state index in [-0.39, 0.29) is 11.3 Å². The molecule has 1 aromatic heterocycles. The number of benzene rings is 3. The van der Waals surface area contributed by atoms with Gasteiger partial charge in [0, 0.05) is 11.3 Å². The summed E-state index contributed by atoms with van der Waals surface area (Å²) in [5.74, 6) is -0.904. The number of aromatic nitrogens is 1. The van der Waals surface area contributed by atoms with Crippen LogP contribution in [0.15, 0.2) is 66.7 Å². The molecule has 3 aromatic carbocycles. The first-order valence-corrected chi connectivity index (χ1v) is 12.0. The molecule has 0 atom stereocenters. The van der Waals surface area contributed by atoms with Crippen molar-refractivity contribution in [2.24, 2.45) is 0 Å². The maximum atomic E-state index is 12.7. The summed E-state index contributed by atoms with van der Waals surface area (Å²) in [5, 5.41) is 0.877. The van der Waals surface area contributed by atoms with Crippen molar-refractivity contribution in [2.45, 2.75) is 12.7 Å². The highest BCUT2D eigenvalue weighted by Gasteiger charge is 2.18. The first-order valence-electron chi connectivity index (χ1n) is 9.49. The van der Waals surface area contributed by atoms with Gasteiger partial charge in [-0.25, -0.2) is 18.2 Å². The molecule has 0 spiro atoms. The molecule has 0 aliphatic carbocycles. The van der Waals surface area contributed by atoms with Crippen LogP contribution < -0.4 is 4.72 Å². The fourth-order valence-electron chi connectivity index (χ4n) is 3.21. The number of nitrogens with one attached hydrogen (secondary N) is 1. The lowest BCUT2D eigenvalue weighted by Gasteiger charge is -2.11. The van der Waals surface area contributed by atoms with Crippen LogP contribution in [-0.4, -0.2) is 26.5 Å². The zero-order valence-corrected chi connectivity index (χ0v) is 18.6. The van der Waals surface area contributed by atoms with Gasteiger partial charge in [0.05, 0.1) is 28.6 Å². The quantitative estimate of drug-likeness (QED) is 0.416. The maximum Gasteiger partial charge on any atom is 0.338 e. The Morgan fingerprint density at radius 3 is 2.55 bits per heavy atom. The zero-order valence-electron chi connectivity index (χ0n) is 17.0. The first kappa shape index (κ1) is 21.0. The summed E-state index contributed by atoms with van der Waals surface area (Å²) < 4.78 is 33.7. The van der Waals surface area contributed by atoms with Gasteiger partial charge in [-0.05, 0) is 60.5 Å². The van der Waals surface area contributed by atoms with Gasteiger partial charge in [-0.1, -0.05) is 24.3 Å². The fraction of sp³-hybridized carbons (Fsp3) is 0.130. The number of fused-ring (bicyclic) bond motifs is 1. The summed E-state index contributed by atoms with van der Waals surface area (Å²) >= 11 is 1.60. The van der Waals surface area contributed by atoms with Gasteiger partial charge in [-0.3, -0.25) is 4.72 Å². The Bertz CT molecular complexity index is 1360. The van der Waals surface area contributed by atoms with Crippen LogP contribution in [0.2, 0.25) is 0 Å². The van der Waals surface area contributed by atoms with E-state index in [9.17, 15) is 13.2 Å². The summed E-state index contributed by atoms with van der Waals surface area (Å²) in [6.07, 6.45) is 0. The molecular formula is C23H20N2O4S2. The van der Waals surface area contributed by atoms with Crippen LogP contribution in [0.5, 0.6) is 0 Å². The number of nitrogens with zero attached hydrogens (tertiary/aromatic N) is 1. The summed E-state index contributed by atoms with van der Waals surface area (Å²) in [6.45, 7) is 2.04. The molecule has 0 saturated heterocycles. The lowest BCUT2D eigenvalue weighted by Crippen LogP contribution is -2.17. The second kappa shape index (κ2) is 8.49. The minimum Gasteiger partial charge on any atom is -0.465 e. The second-order valence-corrected chi connectivity index (χ2v) is 9.83. The molecule has 4 rings (SSSR count). The lowest BCUT2D eigenvalue weighted by atomic mass is 10.1. The third kappa shape index (κ3) is 4.76. The van der Waals surface area contributed by atoms with Gasteiger partial charge < -0.3 is 4.74 Å². The number of carbonyl (C=O) groups is 1. The molecule has 6 nitrogen and oxygen atoms in total. The Labute approximate surface area is 184 Å². The standard InChI is InChI=1S/C23H20N2O4S2/c1-15-7-12-20-21(13-15)30-22(24-20)16-8-10-18(11-9-16)25-31(27,28)14-17-5-3-4-6-19(17)23(26)29-2/h3-13,25H,14H2,1-2H3. The number of aryl methyl sites for hydroxylation is 1. The SMILES string of the molecule is COC(=O)c1ccccc1CS(=O)(=O)Nc1ccc(-c2nc3ccc(C)cc3s2)cc1. The summed E-state index contributed by atoms with van der Waals surface area (Å²) in [4.78, 5) is 16.5. The smallest absolute Gasteiger partial charge is 0.338 e. The molecule has 31 heavy (non-hydrogen) atoms. The van der Waals surface area contributed by atoms with Crippen LogP contribution in [0.4, 0.5) is 5.69 Å². The van der Waals surface area contributed by atoms with E-state index in [1.807, 2.05) is 31.2 Å². The van der Waals surface area contributed by atoms with E-state index in [0.717, 1.165) is 20.8 Å². The Balaban J connectivity index is 1.52. The normalized spacial score (nSPS) is 11.4. The molecule has 0 unspecified atom stereocenters. The average molecular weight is 453 g/mol. The molecular weight excluding hydrogens is 432 g/mol. The van der Waals surface area contributed by atoms with E-state index in [1.54, 1.807) is 47.7 Å². The summed E-state index contributed by atoms with van der Waals surface area (Å²) in [6, 6.07) is 19.7. The number of esters is 1. The Morgan fingerprint density at radius 1 is 1.06 bits per heavy atom. The van der Waals surface area contributed by atoms with E-state index in [1.165, 1.54) is 12.7 Å². The number of hydrogen-bond donors (Lipinski definition) is 1. The molecule has 0 aliphatic rings. The van der Waals surface area contributed by atoms with Gasteiger partial charge in [-0.2, -0.15) is 0 Å². The first-order chi connectivity index (χ1) is 14.8. The topological polar surface area (TPSA) is 85.4 Å². The Morgan fingerprint density at radius 2 is 1.81 bits per heavy atom. The number of sulfonamides is 1. The predicted molar refractivity (Wildman–Crippen MR) is 124 cm³/mol. The molecule has 0 amide bonds. The van der Waals surface area contributed by atoms with Crippen molar-refractivity contribution < 1.29 is 17.9 Å². The lowest BCUT2D eigenvalue weighted by molar-refractivity contribution is 0.0600. The van der Waals surface area contributed by atoms with Gasteiger partial charge in [0.15, 0.2) is 0 Å². The number of anilines is 1. The van der Waals surface area contributed by atoms with Crippen LogP contribution in [0.1, 0.15) is 21.5 Å². The molecule has 0 fully saturated rings. The number of methoxy groups -OCH3 is 1.